The molecule has 0 spiro atoms. The van der Waals surface area contributed by atoms with Crippen LogP contribution in [0.1, 0.15) is 18.5 Å². The van der Waals surface area contributed by atoms with Gasteiger partial charge < -0.3 is 5.32 Å². The quantitative estimate of drug-likeness (QED) is 0.887. The smallest absolute Gasteiger partial charge is 0.0320 e. The number of hydrogen-bond donors (Lipinski definition) is 1. The summed E-state index contributed by atoms with van der Waals surface area (Å²) in [7, 11) is 0. The maximum Gasteiger partial charge on any atom is 0.0320 e. The molecule has 1 aliphatic rings. The zero-order chi connectivity index (χ0) is 10.7. The van der Waals surface area contributed by atoms with Gasteiger partial charge in [-0.3, -0.25) is 4.90 Å². The van der Waals surface area contributed by atoms with Crippen LogP contribution in [0.3, 0.4) is 0 Å². The second kappa shape index (κ2) is 5.10. The van der Waals surface area contributed by atoms with Crippen molar-refractivity contribution in [3.8, 4) is 0 Å². The molecule has 1 N–H and O–H groups in total. The SMILES string of the molecule is CC(c1ccc(Br)cc1)N1CCNCC1. The second-order valence-corrected chi connectivity index (χ2v) is 4.93. The summed E-state index contributed by atoms with van der Waals surface area (Å²) < 4.78 is 1.15. The van der Waals surface area contributed by atoms with Gasteiger partial charge in [0.05, 0.1) is 0 Å². The van der Waals surface area contributed by atoms with Gasteiger partial charge >= 0.3 is 0 Å². The fraction of sp³-hybridized carbons (Fsp3) is 0.500. The predicted octanol–water partition coefficient (Wildman–Crippen LogP) is 2.42. The number of halogens is 1. The van der Waals surface area contributed by atoms with E-state index in [-0.39, 0.29) is 0 Å². The van der Waals surface area contributed by atoms with Crippen LogP contribution in [0.25, 0.3) is 0 Å². The Kier molecular flexibility index (Phi) is 3.78. The maximum atomic E-state index is 3.47. The van der Waals surface area contributed by atoms with Gasteiger partial charge in [-0.1, -0.05) is 28.1 Å². The summed E-state index contributed by atoms with van der Waals surface area (Å²) in [5.74, 6) is 0. The number of nitrogens with zero attached hydrogens (tertiary/aromatic N) is 1. The second-order valence-electron chi connectivity index (χ2n) is 4.01. The molecule has 1 heterocycles. The first-order chi connectivity index (χ1) is 7.27. The molecular weight excluding hydrogens is 252 g/mol. The van der Waals surface area contributed by atoms with Gasteiger partial charge in [0.1, 0.15) is 0 Å². The predicted molar refractivity (Wildman–Crippen MR) is 67.0 cm³/mol. The highest BCUT2D eigenvalue weighted by molar-refractivity contribution is 9.10. The number of nitrogens with one attached hydrogen (secondary N) is 1. The van der Waals surface area contributed by atoms with Crippen molar-refractivity contribution in [1.82, 2.24) is 10.2 Å². The molecule has 0 aromatic heterocycles. The van der Waals surface area contributed by atoms with Crippen molar-refractivity contribution in [1.29, 1.82) is 0 Å². The van der Waals surface area contributed by atoms with Crippen LogP contribution >= 0.6 is 15.9 Å². The van der Waals surface area contributed by atoms with E-state index in [2.05, 4.69) is 57.3 Å². The normalized spacial score (nSPS) is 20.1. The first kappa shape index (κ1) is 11.1. The minimum Gasteiger partial charge on any atom is -0.314 e. The molecule has 1 aliphatic heterocycles. The van der Waals surface area contributed by atoms with Crippen LogP contribution in [-0.2, 0) is 0 Å². The van der Waals surface area contributed by atoms with E-state index in [1.54, 1.807) is 0 Å². The van der Waals surface area contributed by atoms with Gasteiger partial charge in [0.15, 0.2) is 0 Å². The van der Waals surface area contributed by atoms with Crippen molar-refractivity contribution < 1.29 is 0 Å². The molecule has 0 saturated carbocycles. The van der Waals surface area contributed by atoms with E-state index >= 15 is 0 Å². The molecule has 1 fully saturated rings. The lowest BCUT2D eigenvalue weighted by molar-refractivity contribution is 0.185. The zero-order valence-electron chi connectivity index (χ0n) is 9.04. The standard InChI is InChI=1S/C12H17BrN2/c1-10(15-8-6-14-7-9-15)11-2-4-12(13)5-3-11/h2-5,10,14H,6-9H2,1H3. The number of hydrogen-bond acceptors (Lipinski definition) is 2. The highest BCUT2D eigenvalue weighted by Gasteiger charge is 2.17. The van der Waals surface area contributed by atoms with Gasteiger partial charge in [-0.05, 0) is 24.6 Å². The molecule has 2 nitrogen and oxygen atoms in total. The van der Waals surface area contributed by atoms with E-state index in [1.807, 2.05) is 0 Å². The summed E-state index contributed by atoms with van der Waals surface area (Å²) in [6.45, 7) is 6.81. The third-order valence-corrected chi connectivity index (χ3v) is 3.58. The van der Waals surface area contributed by atoms with Gasteiger partial charge in [-0.15, -0.1) is 0 Å². The molecular formula is C12H17BrN2. The fourth-order valence-corrected chi connectivity index (χ4v) is 2.29. The van der Waals surface area contributed by atoms with Crippen LogP contribution in [0, 0.1) is 0 Å². The highest BCUT2D eigenvalue weighted by atomic mass is 79.9. The summed E-state index contributed by atoms with van der Waals surface area (Å²) in [5, 5.41) is 3.38. The molecule has 1 aromatic rings. The van der Waals surface area contributed by atoms with Crippen LogP contribution in [0.5, 0.6) is 0 Å². The molecule has 1 unspecified atom stereocenters. The van der Waals surface area contributed by atoms with Crippen molar-refractivity contribution >= 4 is 15.9 Å². The number of piperazine rings is 1. The monoisotopic (exact) mass is 268 g/mol. The van der Waals surface area contributed by atoms with E-state index < -0.39 is 0 Å². The van der Waals surface area contributed by atoms with Crippen LogP contribution in [0.2, 0.25) is 0 Å². The van der Waals surface area contributed by atoms with Gasteiger partial charge in [-0.2, -0.15) is 0 Å². The molecule has 2 rings (SSSR count). The Labute approximate surface area is 99.8 Å². The molecule has 0 amide bonds. The van der Waals surface area contributed by atoms with E-state index in [0.29, 0.717) is 6.04 Å². The largest absolute Gasteiger partial charge is 0.314 e. The Bertz CT molecular complexity index is 304. The van der Waals surface area contributed by atoms with Crippen molar-refractivity contribution in [2.75, 3.05) is 26.2 Å². The summed E-state index contributed by atoms with van der Waals surface area (Å²) in [6, 6.07) is 9.18. The van der Waals surface area contributed by atoms with Crippen LogP contribution in [0.4, 0.5) is 0 Å². The number of rotatable bonds is 2. The lowest BCUT2D eigenvalue weighted by Gasteiger charge is -2.33. The maximum absolute atomic E-state index is 3.47. The van der Waals surface area contributed by atoms with Crippen LogP contribution < -0.4 is 5.32 Å². The Morgan fingerprint density at radius 1 is 1.20 bits per heavy atom. The van der Waals surface area contributed by atoms with Crippen molar-refractivity contribution in [2.24, 2.45) is 0 Å². The van der Waals surface area contributed by atoms with Gasteiger partial charge in [0.25, 0.3) is 0 Å². The van der Waals surface area contributed by atoms with Crippen LogP contribution in [-0.4, -0.2) is 31.1 Å². The molecule has 0 radical (unpaired) electrons. The molecule has 82 valence electrons. The third kappa shape index (κ3) is 2.80. The van der Waals surface area contributed by atoms with Crippen LogP contribution in [0.15, 0.2) is 28.7 Å². The zero-order valence-corrected chi connectivity index (χ0v) is 10.6. The summed E-state index contributed by atoms with van der Waals surface area (Å²) in [6.07, 6.45) is 0. The Morgan fingerprint density at radius 2 is 1.80 bits per heavy atom. The minimum atomic E-state index is 0.528. The average molecular weight is 269 g/mol. The Morgan fingerprint density at radius 3 is 2.40 bits per heavy atom. The van der Waals surface area contributed by atoms with Crippen molar-refractivity contribution in [2.45, 2.75) is 13.0 Å². The molecule has 0 aliphatic carbocycles. The van der Waals surface area contributed by atoms with Gasteiger partial charge in [0, 0.05) is 36.7 Å². The lowest BCUT2D eigenvalue weighted by atomic mass is 10.1. The topological polar surface area (TPSA) is 15.3 Å². The highest BCUT2D eigenvalue weighted by Crippen LogP contribution is 2.22. The lowest BCUT2D eigenvalue weighted by Crippen LogP contribution is -2.44. The molecule has 15 heavy (non-hydrogen) atoms. The Hall–Kier alpha value is -0.380. The fourth-order valence-electron chi connectivity index (χ4n) is 2.02. The molecule has 0 bridgehead atoms. The molecule has 1 saturated heterocycles. The van der Waals surface area contributed by atoms with E-state index in [0.717, 1.165) is 30.7 Å². The molecule has 1 atom stereocenters. The van der Waals surface area contributed by atoms with E-state index in [4.69, 9.17) is 0 Å². The third-order valence-electron chi connectivity index (χ3n) is 3.05. The number of benzene rings is 1. The van der Waals surface area contributed by atoms with E-state index in [1.165, 1.54) is 5.56 Å². The van der Waals surface area contributed by atoms with Gasteiger partial charge in [0.2, 0.25) is 0 Å². The van der Waals surface area contributed by atoms with Gasteiger partial charge in [-0.25, -0.2) is 0 Å². The summed E-state index contributed by atoms with van der Waals surface area (Å²) in [4.78, 5) is 2.53. The van der Waals surface area contributed by atoms with E-state index in [9.17, 15) is 0 Å². The molecule has 1 aromatic carbocycles. The summed E-state index contributed by atoms with van der Waals surface area (Å²) in [5.41, 5.74) is 1.40. The van der Waals surface area contributed by atoms with Crippen molar-refractivity contribution in [3.05, 3.63) is 34.3 Å². The Balaban J connectivity index is 2.05. The summed E-state index contributed by atoms with van der Waals surface area (Å²) >= 11 is 3.47. The average Bonchev–Trinajstić information content (AvgIpc) is 2.30. The molecule has 3 heteroatoms. The van der Waals surface area contributed by atoms with Crippen molar-refractivity contribution in [3.63, 3.8) is 0 Å². The minimum absolute atomic E-state index is 0.528. The first-order valence-electron chi connectivity index (χ1n) is 5.47. The first-order valence-corrected chi connectivity index (χ1v) is 6.27.